The van der Waals surface area contributed by atoms with Crippen LogP contribution in [0, 0.1) is 0 Å². The standard InChI is InChI=1S/C23H26O6/c1-5-16(3)29-20-14-19(28-15-17-10-8-7-9-11-17)12-18(13-21(24)27-6-2)22(20)23(25)26-4/h5,7-12,14,16H,1,6,13,15H2,2-4H3. The molecule has 1 atom stereocenters. The van der Waals surface area contributed by atoms with Gasteiger partial charge in [0.05, 0.1) is 20.1 Å². The SMILES string of the molecule is C=CC(C)Oc1cc(OCc2ccccc2)cc(CC(=O)OCC)c1C(=O)OC. The normalized spacial score (nSPS) is 11.3. The molecule has 2 aromatic carbocycles. The maximum Gasteiger partial charge on any atom is 0.341 e. The Kier molecular flexibility index (Phi) is 8.27. The van der Waals surface area contributed by atoms with Gasteiger partial charge in [-0.1, -0.05) is 43.0 Å². The molecule has 1 unspecified atom stereocenters. The van der Waals surface area contributed by atoms with E-state index < -0.39 is 11.9 Å². The molecule has 0 saturated heterocycles. The minimum Gasteiger partial charge on any atom is -0.489 e. The second-order valence-electron chi connectivity index (χ2n) is 6.26. The fraction of sp³-hybridized carbons (Fsp3) is 0.304. The van der Waals surface area contributed by atoms with Crippen molar-refractivity contribution in [2.45, 2.75) is 33.0 Å². The lowest BCUT2D eigenvalue weighted by Gasteiger charge is -2.18. The highest BCUT2D eigenvalue weighted by atomic mass is 16.5. The van der Waals surface area contributed by atoms with Gasteiger partial charge in [-0.05, 0) is 31.0 Å². The Hall–Kier alpha value is -3.28. The Bertz CT molecular complexity index is 844. The zero-order chi connectivity index (χ0) is 21.2. The molecule has 154 valence electrons. The van der Waals surface area contributed by atoms with Crippen LogP contribution in [0.25, 0.3) is 0 Å². The molecule has 0 N–H and O–H groups in total. The van der Waals surface area contributed by atoms with E-state index in [1.807, 2.05) is 30.3 Å². The Morgan fingerprint density at radius 3 is 2.52 bits per heavy atom. The van der Waals surface area contributed by atoms with Crippen LogP contribution in [0.4, 0.5) is 0 Å². The smallest absolute Gasteiger partial charge is 0.341 e. The van der Waals surface area contributed by atoms with E-state index in [0.717, 1.165) is 5.56 Å². The minimum atomic E-state index is -0.606. The number of benzene rings is 2. The molecule has 0 aliphatic carbocycles. The van der Waals surface area contributed by atoms with Crippen LogP contribution in [0.1, 0.15) is 35.3 Å². The molecule has 6 nitrogen and oxygen atoms in total. The monoisotopic (exact) mass is 398 g/mol. The van der Waals surface area contributed by atoms with Gasteiger partial charge in [0.25, 0.3) is 0 Å². The van der Waals surface area contributed by atoms with Gasteiger partial charge in [-0.25, -0.2) is 4.79 Å². The fourth-order valence-electron chi connectivity index (χ4n) is 2.65. The van der Waals surface area contributed by atoms with Gasteiger partial charge < -0.3 is 18.9 Å². The summed E-state index contributed by atoms with van der Waals surface area (Å²) in [6, 6.07) is 12.9. The number of carbonyl (C=O) groups excluding carboxylic acids is 2. The fourth-order valence-corrected chi connectivity index (χ4v) is 2.65. The molecule has 2 aromatic rings. The summed E-state index contributed by atoms with van der Waals surface area (Å²) in [7, 11) is 1.27. The lowest BCUT2D eigenvalue weighted by molar-refractivity contribution is -0.142. The second-order valence-corrected chi connectivity index (χ2v) is 6.26. The van der Waals surface area contributed by atoms with Crippen molar-refractivity contribution in [1.82, 2.24) is 0 Å². The molecular formula is C23H26O6. The molecule has 2 rings (SSSR count). The van der Waals surface area contributed by atoms with Crippen molar-refractivity contribution < 1.29 is 28.5 Å². The Labute approximate surface area is 171 Å². The molecule has 0 bridgehead atoms. The first kappa shape index (κ1) is 22.0. The molecule has 0 heterocycles. The van der Waals surface area contributed by atoms with Crippen molar-refractivity contribution in [2.24, 2.45) is 0 Å². The van der Waals surface area contributed by atoms with Gasteiger partial charge in [0.15, 0.2) is 0 Å². The van der Waals surface area contributed by atoms with Gasteiger partial charge in [-0.2, -0.15) is 0 Å². The maximum atomic E-state index is 12.4. The van der Waals surface area contributed by atoms with Crippen LogP contribution in [-0.2, 0) is 27.3 Å². The van der Waals surface area contributed by atoms with Crippen LogP contribution in [0.5, 0.6) is 11.5 Å². The first-order chi connectivity index (χ1) is 14.0. The molecule has 0 spiro atoms. The number of ether oxygens (including phenoxy) is 4. The predicted molar refractivity (Wildman–Crippen MR) is 109 cm³/mol. The molecule has 0 aromatic heterocycles. The van der Waals surface area contributed by atoms with Gasteiger partial charge in [0.1, 0.15) is 29.8 Å². The van der Waals surface area contributed by atoms with Gasteiger partial charge in [-0.15, -0.1) is 0 Å². The van der Waals surface area contributed by atoms with Crippen LogP contribution in [0.2, 0.25) is 0 Å². The van der Waals surface area contributed by atoms with Crippen LogP contribution in [-0.4, -0.2) is 31.8 Å². The quantitative estimate of drug-likeness (QED) is 0.443. The number of hydrogen-bond donors (Lipinski definition) is 0. The minimum absolute atomic E-state index is 0.111. The topological polar surface area (TPSA) is 71.1 Å². The lowest BCUT2D eigenvalue weighted by atomic mass is 10.0. The highest BCUT2D eigenvalue weighted by molar-refractivity contribution is 5.96. The molecule has 0 fully saturated rings. The van der Waals surface area contributed by atoms with Crippen molar-refractivity contribution in [2.75, 3.05) is 13.7 Å². The second kappa shape index (κ2) is 10.9. The first-order valence-electron chi connectivity index (χ1n) is 9.35. The van der Waals surface area contributed by atoms with Crippen molar-refractivity contribution >= 4 is 11.9 Å². The van der Waals surface area contributed by atoms with Crippen LogP contribution in [0.3, 0.4) is 0 Å². The molecule has 0 amide bonds. The number of carbonyl (C=O) groups is 2. The summed E-state index contributed by atoms with van der Waals surface area (Å²) in [4.78, 5) is 24.5. The Morgan fingerprint density at radius 1 is 1.17 bits per heavy atom. The van der Waals surface area contributed by atoms with Crippen molar-refractivity contribution in [3.63, 3.8) is 0 Å². The molecular weight excluding hydrogens is 372 g/mol. The molecule has 6 heteroatoms. The number of methoxy groups -OCH3 is 1. The summed E-state index contributed by atoms with van der Waals surface area (Å²) < 4.78 is 21.7. The van der Waals surface area contributed by atoms with E-state index >= 15 is 0 Å². The third-order valence-electron chi connectivity index (χ3n) is 4.08. The number of rotatable bonds is 10. The van der Waals surface area contributed by atoms with E-state index in [4.69, 9.17) is 18.9 Å². The van der Waals surface area contributed by atoms with E-state index in [1.54, 1.807) is 32.1 Å². The van der Waals surface area contributed by atoms with E-state index in [-0.39, 0.29) is 30.4 Å². The number of hydrogen-bond acceptors (Lipinski definition) is 6. The van der Waals surface area contributed by atoms with Crippen molar-refractivity contribution in [3.05, 3.63) is 71.8 Å². The highest BCUT2D eigenvalue weighted by Gasteiger charge is 2.23. The third kappa shape index (κ3) is 6.38. The first-order valence-corrected chi connectivity index (χ1v) is 9.35. The summed E-state index contributed by atoms with van der Waals surface area (Å²) in [6.45, 7) is 7.78. The van der Waals surface area contributed by atoms with Crippen LogP contribution in [0.15, 0.2) is 55.1 Å². The molecule has 0 radical (unpaired) electrons. The maximum absolute atomic E-state index is 12.4. The molecule has 29 heavy (non-hydrogen) atoms. The zero-order valence-corrected chi connectivity index (χ0v) is 17.0. The summed E-state index contributed by atoms with van der Waals surface area (Å²) in [5.41, 5.74) is 1.56. The summed E-state index contributed by atoms with van der Waals surface area (Å²) in [6.07, 6.45) is 1.13. The summed E-state index contributed by atoms with van der Waals surface area (Å²) in [5, 5.41) is 0. The van der Waals surface area contributed by atoms with Crippen molar-refractivity contribution in [1.29, 1.82) is 0 Å². The van der Waals surface area contributed by atoms with E-state index in [9.17, 15) is 9.59 Å². The largest absolute Gasteiger partial charge is 0.489 e. The van der Waals surface area contributed by atoms with Crippen LogP contribution < -0.4 is 9.47 Å². The predicted octanol–water partition coefficient (Wildman–Crippen LogP) is 4.11. The average Bonchev–Trinajstić information content (AvgIpc) is 2.72. The van der Waals surface area contributed by atoms with E-state index in [0.29, 0.717) is 17.9 Å². The lowest BCUT2D eigenvalue weighted by Crippen LogP contribution is -2.17. The zero-order valence-electron chi connectivity index (χ0n) is 17.0. The summed E-state index contributed by atoms with van der Waals surface area (Å²) >= 11 is 0. The summed E-state index contributed by atoms with van der Waals surface area (Å²) in [5.74, 6) is -0.341. The van der Waals surface area contributed by atoms with E-state index in [2.05, 4.69) is 6.58 Å². The highest BCUT2D eigenvalue weighted by Crippen LogP contribution is 2.32. The van der Waals surface area contributed by atoms with Crippen molar-refractivity contribution in [3.8, 4) is 11.5 Å². The van der Waals surface area contributed by atoms with Crippen LogP contribution >= 0.6 is 0 Å². The van der Waals surface area contributed by atoms with E-state index in [1.165, 1.54) is 7.11 Å². The molecule has 0 aliphatic heterocycles. The van der Waals surface area contributed by atoms with Gasteiger partial charge in [-0.3, -0.25) is 4.79 Å². The average molecular weight is 398 g/mol. The third-order valence-corrected chi connectivity index (χ3v) is 4.08. The Morgan fingerprint density at radius 2 is 1.90 bits per heavy atom. The van der Waals surface area contributed by atoms with Gasteiger partial charge >= 0.3 is 11.9 Å². The Balaban J connectivity index is 2.44. The van der Waals surface area contributed by atoms with Gasteiger partial charge in [0.2, 0.25) is 0 Å². The molecule has 0 aliphatic rings. The number of esters is 2. The molecule has 0 saturated carbocycles. The van der Waals surface area contributed by atoms with Gasteiger partial charge in [0, 0.05) is 6.07 Å².